The van der Waals surface area contributed by atoms with Crippen molar-refractivity contribution < 1.29 is 59.8 Å². The van der Waals surface area contributed by atoms with E-state index in [4.69, 9.17) is 21.5 Å². The molecule has 0 radical (unpaired) electrons. The molecule has 0 spiro atoms. The van der Waals surface area contributed by atoms with Crippen molar-refractivity contribution in [3.63, 3.8) is 0 Å². The average molecular weight is 712 g/mol. The number of hydrogen-bond donors (Lipinski definition) is 6. The van der Waals surface area contributed by atoms with Crippen LogP contribution in [0.25, 0.3) is 10.9 Å². The van der Waals surface area contributed by atoms with Crippen LogP contribution in [0.3, 0.4) is 0 Å². The summed E-state index contributed by atoms with van der Waals surface area (Å²) in [5, 5.41) is 25.0. The summed E-state index contributed by atoms with van der Waals surface area (Å²) in [4.78, 5) is 50.6. The van der Waals surface area contributed by atoms with Gasteiger partial charge in [-0.3, -0.25) is 19.5 Å². The highest BCUT2D eigenvalue weighted by atomic mass is 35.5. The van der Waals surface area contributed by atoms with E-state index in [0.717, 1.165) is 25.3 Å². The fourth-order valence-corrected chi connectivity index (χ4v) is 4.25. The minimum Gasteiger partial charge on any atom is -0.475 e. The Morgan fingerprint density at radius 3 is 2.40 bits per heavy atom. The number of carbonyl (C=O) groups excluding carboxylic acids is 3. The number of carbonyl (C=O) groups is 4. The van der Waals surface area contributed by atoms with Gasteiger partial charge in [-0.1, -0.05) is 11.6 Å². The number of alkyl halides is 7. The molecule has 1 aliphatic rings. The van der Waals surface area contributed by atoms with Gasteiger partial charge in [0.15, 0.2) is 5.96 Å². The quantitative estimate of drug-likeness (QED) is 0.150. The Morgan fingerprint density at radius 2 is 1.81 bits per heavy atom. The molecule has 0 aliphatic carbocycles. The highest BCUT2D eigenvalue weighted by molar-refractivity contribution is 6.31. The van der Waals surface area contributed by atoms with E-state index < -0.39 is 66.8 Å². The van der Waals surface area contributed by atoms with Gasteiger partial charge in [0.05, 0.1) is 62.2 Å². The molecule has 260 valence electrons. The number of methoxy groups -OCH3 is 1. The molecule has 1 aromatic heterocycles. The number of rotatable bonds is 8. The Morgan fingerprint density at radius 1 is 1.12 bits per heavy atom. The maximum absolute atomic E-state index is 13.4. The standard InChI is InChI=1S/C25H24ClF4N7O4.C2HF3O2/c1-41-22(39)7-19(15-6-13(25(28,29)30)2-3-17(15)26)35-21(38)11-31-23(40)12-4-18(16-10-34-37-20(16)5-12)36-24-32-8-14(27)9-33-24;3-2(4,5)1(6)7/h2-6,10,14,19H,7-9,11H2,1H3,(H,31,40)(H,34,37)(H,35,38)(H2,32,33,36);(H,6,7)/t19-;/m0./s1. The van der Waals surface area contributed by atoms with Crippen LogP contribution in [-0.4, -0.2) is 84.1 Å². The van der Waals surface area contributed by atoms with E-state index in [1.54, 1.807) is 0 Å². The molecule has 0 saturated carbocycles. The largest absolute Gasteiger partial charge is 0.490 e. The number of aromatic amines is 1. The van der Waals surface area contributed by atoms with Crippen LogP contribution >= 0.6 is 11.6 Å². The molecular weight excluding hydrogens is 687 g/mol. The number of aliphatic imine (C=N–C) groups is 1. The summed E-state index contributed by atoms with van der Waals surface area (Å²) in [5.41, 5.74) is -0.116. The second-order valence-electron chi connectivity index (χ2n) is 9.77. The van der Waals surface area contributed by atoms with Gasteiger partial charge in [-0.25, -0.2) is 14.2 Å². The molecule has 2 atom stereocenters. The zero-order valence-corrected chi connectivity index (χ0v) is 25.1. The van der Waals surface area contributed by atoms with E-state index in [0.29, 0.717) is 22.5 Å². The Kier molecular flexibility index (Phi) is 12.2. The number of nitrogens with zero attached hydrogens (tertiary/aromatic N) is 2. The van der Waals surface area contributed by atoms with E-state index in [1.165, 1.54) is 18.3 Å². The number of guanidine groups is 1. The highest BCUT2D eigenvalue weighted by Crippen LogP contribution is 2.35. The Hall–Kier alpha value is -5.14. The molecule has 2 heterocycles. The molecule has 0 fully saturated rings. The van der Waals surface area contributed by atoms with Crippen molar-refractivity contribution in [2.24, 2.45) is 4.99 Å². The SMILES string of the molecule is COC(=O)C[C@H](NC(=O)CNC(=O)c1cc(NC2=NCC(F)CN2)c2cn[nH]c2c1)c1cc(C(F)(F)F)ccc1Cl.O=C(O)C(F)(F)F. The fourth-order valence-electron chi connectivity index (χ4n) is 4.00. The number of amides is 2. The molecule has 1 aliphatic heterocycles. The zero-order chi connectivity index (χ0) is 35.8. The van der Waals surface area contributed by atoms with Gasteiger partial charge in [0.25, 0.3) is 5.91 Å². The van der Waals surface area contributed by atoms with Crippen LogP contribution in [-0.2, 0) is 25.3 Å². The maximum atomic E-state index is 13.4. The molecule has 3 aromatic rings. The van der Waals surface area contributed by atoms with Crippen LogP contribution in [0.4, 0.5) is 36.4 Å². The number of fused-ring (bicyclic) bond motifs is 1. The van der Waals surface area contributed by atoms with Crippen molar-refractivity contribution in [3.8, 4) is 0 Å². The van der Waals surface area contributed by atoms with Crippen molar-refractivity contribution in [3.05, 3.63) is 58.2 Å². The van der Waals surface area contributed by atoms with Crippen molar-refractivity contribution >= 4 is 57.9 Å². The van der Waals surface area contributed by atoms with Gasteiger partial charge in [-0.2, -0.15) is 31.4 Å². The molecular formula is C27H25ClF7N7O6. The number of carboxylic acid groups (broad SMARTS) is 1. The molecule has 0 saturated heterocycles. The third kappa shape index (κ3) is 10.4. The van der Waals surface area contributed by atoms with Crippen LogP contribution in [0, 0.1) is 0 Å². The lowest BCUT2D eigenvalue weighted by atomic mass is 10.0. The number of anilines is 1. The summed E-state index contributed by atoms with van der Waals surface area (Å²) in [5.74, 6) is -4.72. The van der Waals surface area contributed by atoms with Gasteiger partial charge in [0.2, 0.25) is 5.91 Å². The van der Waals surface area contributed by atoms with Crippen LogP contribution in [0.5, 0.6) is 0 Å². The number of hydrogen-bond acceptors (Lipinski definition) is 9. The van der Waals surface area contributed by atoms with Gasteiger partial charge < -0.3 is 31.1 Å². The number of halogens is 8. The Balaban J connectivity index is 0.000000804. The molecule has 48 heavy (non-hydrogen) atoms. The number of carboxylic acids is 1. The number of esters is 1. The molecule has 21 heteroatoms. The second kappa shape index (κ2) is 15.6. The first kappa shape index (κ1) is 37.3. The molecule has 6 N–H and O–H groups in total. The topological polar surface area (TPSA) is 187 Å². The number of aromatic nitrogens is 2. The molecule has 1 unspecified atom stereocenters. The Labute approximate surface area is 270 Å². The van der Waals surface area contributed by atoms with Crippen molar-refractivity contribution in [2.75, 3.05) is 32.1 Å². The number of benzene rings is 2. The summed E-state index contributed by atoms with van der Waals surface area (Å²) < 4.78 is 89.5. The monoisotopic (exact) mass is 711 g/mol. The van der Waals surface area contributed by atoms with Crippen molar-refractivity contribution in [1.82, 2.24) is 26.1 Å². The van der Waals surface area contributed by atoms with Crippen LogP contribution in [0.1, 0.15) is 33.9 Å². The van der Waals surface area contributed by atoms with Gasteiger partial charge in [0, 0.05) is 16.0 Å². The summed E-state index contributed by atoms with van der Waals surface area (Å²) in [7, 11) is 1.09. The van der Waals surface area contributed by atoms with Gasteiger partial charge in [0.1, 0.15) is 6.17 Å². The molecule has 13 nitrogen and oxygen atoms in total. The second-order valence-corrected chi connectivity index (χ2v) is 10.2. The van der Waals surface area contributed by atoms with Gasteiger partial charge in [-0.15, -0.1) is 0 Å². The summed E-state index contributed by atoms with van der Waals surface area (Å²) in [6.07, 6.45) is -9.88. The lowest BCUT2D eigenvalue weighted by Gasteiger charge is -2.21. The molecule has 0 bridgehead atoms. The first-order valence-electron chi connectivity index (χ1n) is 13.4. The lowest BCUT2D eigenvalue weighted by molar-refractivity contribution is -0.192. The minimum absolute atomic E-state index is 0.0260. The van der Waals surface area contributed by atoms with Gasteiger partial charge in [-0.05, 0) is 35.9 Å². The summed E-state index contributed by atoms with van der Waals surface area (Å²) in [6, 6.07) is 4.24. The maximum Gasteiger partial charge on any atom is 0.490 e. The van der Waals surface area contributed by atoms with Crippen LogP contribution in [0.2, 0.25) is 5.02 Å². The zero-order valence-electron chi connectivity index (χ0n) is 24.4. The van der Waals surface area contributed by atoms with Crippen molar-refractivity contribution in [1.29, 1.82) is 0 Å². The lowest BCUT2D eigenvalue weighted by Crippen LogP contribution is -2.41. The first-order chi connectivity index (χ1) is 22.4. The minimum atomic E-state index is -5.08. The number of nitrogens with one attached hydrogen (secondary N) is 5. The smallest absolute Gasteiger partial charge is 0.475 e. The highest BCUT2D eigenvalue weighted by Gasteiger charge is 2.38. The van der Waals surface area contributed by atoms with Crippen molar-refractivity contribution in [2.45, 2.75) is 31.0 Å². The predicted octanol–water partition coefficient (Wildman–Crippen LogP) is 3.73. The van der Waals surface area contributed by atoms with Crippen LogP contribution in [0.15, 0.2) is 41.5 Å². The third-order valence-corrected chi connectivity index (χ3v) is 6.64. The van der Waals surface area contributed by atoms with E-state index >= 15 is 0 Å². The van der Waals surface area contributed by atoms with E-state index in [1.807, 2.05) is 0 Å². The molecule has 4 rings (SSSR count). The fraction of sp³-hybridized carbons (Fsp3) is 0.333. The first-order valence-corrected chi connectivity index (χ1v) is 13.7. The number of aliphatic carboxylic acids is 1. The third-order valence-electron chi connectivity index (χ3n) is 6.30. The number of ether oxygens (including phenoxy) is 1. The van der Waals surface area contributed by atoms with E-state index in [9.17, 15) is 45.1 Å². The normalized spacial score (nSPS) is 15.2. The number of H-pyrrole nitrogens is 1. The summed E-state index contributed by atoms with van der Waals surface area (Å²) >= 11 is 6.10. The van der Waals surface area contributed by atoms with Gasteiger partial charge >= 0.3 is 24.3 Å². The predicted molar refractivity (Wildman–Crippen MR) is 155 cm³/mol. The van der Waals surface area contributed by atoms with Crippen LogP contribution < -0.4 is 21.3 Å². The molecule has 2 aromatic carbocycles. The Bertz CT molecular complexity index is 1700. The van der Waals surface area contributed by atoms with E-state index in [2.05, 4.69) is 41.2 Å². The molecule has 2 amide bonds. The average Bonchev–Trinajstić information content (AvgIpc) is 3.49. The van der Waals surface area contributed by atoms with E-state index in [-0.39, 0.29) is 29.2 Å². The summed E-state index contributed by atoms with van der Waals surface area (Å²) in [6.45, 7) is -0.539.